The van der Waals surface area contributed by atoms with Gasteiger partial charge in [-0.1, -0.05) is 37.3 Å². The number of thioether (sulfide) groups is 1. The molecule has 4 nitrogen and oxygen atoms in total. The van der Waals surface area contributed by atoms with E-state index in [2.05, 4.69) is 5.32 Å². The molecule has 5 heteroatoms. The van der Waals surface area contributed by atoms with Crippen LogP contribution in [0, 0.1) is 0 Å². The predicted molar refractivity (Wildman–Crippen MR) is 102 cm³/mol. The Balaban J connectivity index is 1.71. The highest BCUT2D eigenvalue weighted by atomic mass is 32.2. The van der Waals surface area contributed by atoms with Crippen molar-refractivity contribution in [3.63, 3.8) is 0 Å². The molecule has 1 aliphatic heterocycles. The van der Waals surface area contributed by atoms with Crippen molar-refractivity contribution in [1.82, 2.24) is 5.32 Å². The van der Waals surface area contributed by atoms with Crippen LogP contribution in [0.15, 0.2) is 53.4 Å². The molecule has 130 valence electrons. The Morgan fingerprint density at radius 2 is 1.88 bits per heavy atom. The van der Waals surface area contributed by atoms with Crippen LogP contribution in [0.25, 0.3) is 0 Å². The number of amides is 2. The zero-order valence-corrected chi connectivity index (χ0v) is 15.3. The molecule has 0 saturated heterocycles. The van der Waals surface area contributed by atoms with Gasteiger partial charge in [0.2, 0.25) is 11.8 Å². The fourth-order valence-corrected chi connectivity index (χ4v) is 3.53. The SMILES string of the molecule is CCC(=O)N1c2ccccc2C[C@@H]1C(=O)NCc1ccc(SC)cc1. The third-order valence-corrected chi connectivity index (χ3v) is 5.22. The normalized spacial score (nSPS) is 15.8. The molecule has 0 fully saturated rings. The van der Waals surface area contributed by atoms with Gasteiger partial charge in [-0.3, -0.25) is 14.5 Å². The molecule has 25 heavy (non-hydrogen) atoms. The number of anilines is 1. The maximum atomic E-state index is 12.7. The van der Waals surface area contributed by atoms with Gasteiger partial charge in [-0.05, 0) is 35.6 Å². The molecule has 0 unspecified atom stereocenters. The molecule has 1 heterocycles. The molecule has 0 aliphatic carbocycles. The fourth-order valence-electron chi connectivity index (χ4n) is 3.12. The molecular weight excluding hydrogens is 332 g/mol. The van der Waals surface area contributed by atoms with Crippen LogP contribution >= 0.6 is 11.8 Å². The van der Waals surface area contributed by atoms with Gasteiger partial charge in [0, 0.05) is 30.0 Å². The number of fused-ring (bicyclic) bond motifs is 1. The highest BCUT2D eigenvalue weighted by Gasteiger charge is 2.37. The van der Waals surface area contributed by atoms with E-state index in [1.807, 2.05) is 61.7 Å². The lowest BCUT2D eigenvalue weighted by atomic mass is 10.1. The lowest BCUT2D eigenvalue weighted by Crippen LogP contribution is -2.47. The average molecular weight is 354 g/mol. The maximum Gasteiger partial charge on any atom is 0.243 e. The van der Waals surface area contributed by atoms with Gasteiger partial charge in [0.1, 0.15) is 6.04 Å². The lowest BCUT2D eigenvalue weighted by Gasteiger charge is -2.24. The molecule has 0 aromatic heterocycles. The van der Waals surface area contributed by atoms with Crippen LogP contribution in [0.3, 0.4) is 0 Å². The number of carbonyl (C=O) groups excluding carboxylic acids is 2. The molecule has 1 atom stereocenters. The second-order valence-corrected chi connectivity index (χ2v) is 6.91. The van der Waals surface area contributed by atoms with Crippen LogP contribution in [0.4, 0.5) is 5.69 Å². The fraction of sp³-hybridized carbons (Fsp3) is 0.300. The van der Waals surface area contributed by atoms with E-state index in [1.165, 1.54) is 4.90 Å². The molecule has 0 spiro atoms. The highest BCUT2D eigenvalue weighted by molar-refractivity contribution is 7.98. The first-order valence-corrected chi connectivity index (χ1v) is 9.67. The summed E-state index contributed by atoms with van der Waals surface area (Å²) in [6, 6.07) is 15.4. The predicted octanol–water partition coefficient (Wildman–Crippen LogP) is 3.39. The molecule has 2 amide bonds. The largest absolute Gasteiger partial charge is 0.350 e. The first-order valence-electron chi connectivity index (χ1n) is 8.44. The van der Waals surface area contributed by atoms with E-state index in [0.717, 1.165) is 16.8 Å². The third-order valence-electron chi connectivity index (χ3n) is 4.48. The summed E-state index contributed by atoms with van der Waals surface area (Å²) in [6.45, 7) is 2.29. The minimum absolute atomic E-state index is 0.0191. The molecule has 1 aliphatic rings. The third kappa shape index (κ3) is 3.71. The number of rotatable bonds is 5. The number of nitrogens with zero attached hydrogens (tertiary/aromatic N) is 1. The van der Waals surface area contributed by atoms with Crippen LogP contribution in [0.2, 0.25) is 0 Å². The Hall–Kier alpha value is -2.27. The van der Waals surface area contributed by atoms with Gasteiger partial charge in [0.05, 0.1) is 0 Å². The van der Waals surface area contributed by atoms with E-state index in [4.69, 9.17) is 0 Å². The van der Waals surface area contributed by atoms with Gasteiger partial charge in [0.25, 0.3) is 0 Å². The van der Waals surface area contributed by atoms with Gasteiger partial charge < -0.3 is 5.32 Å². The van der Waals surface area contributed by atoms with Crippen molar-refractivity contribution in [1.29, 1.82) is 0 Å². The van der Waals surface area contributed by atoms with Crippen molar-refractivity contribution in [3.05, 3.63) is 59.7 Å². The van der Waals surface area contributed by atoms with Crippen LogP contribution < -0.4 is 10.2 Å². The van der Waals surface area contributed by atoms with Crippen LogP contribution in [0.5, 0.6) is 0 Å². The zero-order valence-electron chi connectivity index (χ0n) is 14.5. The molecule has 0 saturated carbocycles. The van der Waals surface area contributed by atoms with E-state index in [1.54, 1.807) is 16.7 Å². The quantitative estimate of drug-likeness (QED) is 0.838. The first-order chi connectivity index (χ1) is 12.1. The number of carbonyl (C=O) groups is 2. The minimum atomic E-state index is -0.463. The topological polar surface area (TPSA) is 49.4 Å². The van der Waals surface area contributed by atoms with Crippen LogP contribution in [0.1, 0.15) is 24.5 Å². The molecule has 0 bridgehead atoms. The van der Waals surface area contributed by atoms with Crippen molar-refractivity contribution in [2.24, 2.45) is 0 Å². The average Bonchev–Trinajstić information content (AvgIpc) is 3.05. The lowest BCUT2D eigenvalue weighted by molar-refractivity contribution is -0.126. The summed E-state index contributed by atoms with van der Waals surface area (Å²) in [5.74, 6) is -0.124. The van der Waals surface area contributed by atoms with Gasteiger partial charge in [0.15, 0.2) is 0 Å². The second kappa shape index (κ2) is 7.74. The number of benzene rings is 2. The van der Waals surface area contributed by atoms with Gasteiger partial charge in [-0.25, -0.2) is 0 Å². The maximum absolute atomic E-state index is 12.7. The van der Waals surface area contributed by atoms with Gasteiger partial charge in [-0.15, -0.1) is 11.8 Å². The number of nitrogens with one attached hydrogen (secondary N) is 1. The van der Waals surface area contributed by atoms with Crippen molar-refractivity contribution >= 4 is 29.3 Å². The van der Waals surface area contributed by atoms with Crippen molar-refractivity contribution < 1.29 is 9.59 Å². The van der Waals surface area contributed by atoms with E-state index in [9.17, 15) is 9.59 Å². The molecule has 2 aromatic rings. The molecule has 0 radical (unpaired) electrons. The summed E-state index contributed by atoms with van der Waals surface area (Å²) >= 11 is 1.69. The Morgan fingerprint density at radius 3 is 2.56 bits per heavy atom. The smallest absolute Gasteiger partial charge is 0.243 e. The Kier molecular flexibility index (Phi) is 5.43. The molecular formula is C20H22N2O2S. The Morgan fingerprint density at radius 1 is 1.16 bits per heavy atom. The molecule has 2 aromatic carbocycles. The summed E-state index contributed by atoms with van der Waals surface area (Å²) in [6.07, 6.45) is 2.99. The molecule has 1 N–H and O–H groups in total. The Bertz CT molecular complexity index is 774. The molecule has 3 rings (SSSR count). The second-order valence-electron chi connectivity index (χ2n) is 6.03. The van der Waals surface area contributed by atoms with Crippen molar-refractivity contribution in [3.8, 4) is 0 Å². The Labute approximate surface area is 152 Å². The van der Waals surface area contributed by atoms with Gasteiger partial charge in [-0.2, -0.15) is 0 Å². The van der Waals surface area contributed by atoms with Crippen molar-refractivity contribution in [2.75, 3.05) is 11.2 Å². The van der Waals surface area contributed by atoms with Gasteiger partial charge >= 0.3 is 0 Å². The summed E-state index contributed by atoms with van der Waals surface area (Å²) in [5, 5.41) is 2.98. The number of hydrogen-bond donors (Lipinski definition) is 1. The number of para-hydroxylation sites is 1. The number of hydrogen-bond acceptors (Lipinski definition) is 3. The van der Waals surface area contributed by atoms with E-state index in [-0.39, 0.29) is 11.8 Å². The van der Waals surface area contributed by atoms with E-state index in [0.29, 0.717) is 19.4 Å². The summed E-state index contributed by atoms with van der Waals surface area (Å²) < 4.78 is 0. The summed E-state index contributed by atoms with van der Waals surface area (Å²) in [4.78, 5) is 28.0. The first kappa shape index (κ1) is 17.5. The standard InChI is InChI=1S/C20H22N2O2S/c1-3-19(23)22-17-7-5-4-6-15(17)12-18(22)20(24)21-13-14-8-10-16(25-2)11-9-14/h4-11,18H,3,12-13H2,1-2H3,(H,21,24)/t18-/m1/s1. The minimum Gasteiger partial charge on any atom is -0.350 e. The highest BCUT2D eigenvalue weighted by Crippen LogP contribution is 2.32. The van der Waals surface area contributed by atoms with E-state index >= 15 is 0 Å². The zero-order chi connectivity index (χ0) is 17.8. The van der Waals surface area contributed by atoms with E-state index < -0.39 is 6.04 Å². The summed E-state index contributed by atoms with van der Waals surface area (Å²) in [5.41, 5.74) is 2.96. The summed E-state index contributed by atoms with van der Waals surface area (Å²) in [7, 11) is 0. The van der Waals surface area contributed by atoms with Crippen LogP contribution in [-0.4, -0.2) is 24.1 Å². The van der Waals surface area contributed by atoms with Crippen LogP contribution in [-0.2, 0) is 22.6 Å². The monoisotopic (exact) mass is 354 g/mol. The van der Waals surface area contributed by atoms with Crippen molar-refractivity contribution in [2.45, 2.75) is 37.2 Å².